The number of methoxy groups -OCH3 is 1. The molecule has 1 amide bonds. The molecule has 9 heteroatoms. The van der Waals surface area contributed by atoms with Crippen LogP contribution in [0.25, 0.3) is 23.1 Å². The zero-order valence-corrected chi connectivity index (χ0v) is 17.5. The van der Waals surface area contributed by atoms with Crippen molar-refractivity contribution < 1.29 is 23.8 Å². The third-order valence-electron chi connectivity index (χ3n) is 5.07. The smallest absolute Gasteiger partial charge is 0.339 e. The number of pyridine rings is 1. The number of carbonyl (C=O) groups is 2. The van der Waals surface area contributed by atoms with Crippen LogP contribution in [0.4, 0.5) is 4.39 Å². The number of halogens is 1. The molecule has 0 aliphatic carbocycles. The first-order chi connectivity index (χ1) is 15.9. The van der Waals surface area contributed by atoms with Crippen molar-refractivity contribution in [2.75, 3.05) is 7.11 Å². The number of hydrogen-bond donors (Lipinski definition) is 2. The number of fused-ring (bicyclic) bond motifs is 1. The van der Waals surface area contributed by atoms with Crippen molar-refractivity contribution in [1.82, 2.24) is 14.8 Å². The number of ether oxygens (including phenoxy) is 1. The summed E-state index contributed by atoms with van der Waals surface area (Å²) < 4.78 is 20.1. The molecule has 2 aromatic heterocycles. The molecule has 0 saturated carbocycles. The lowest BCUT2D eigenvalue weighted by atomic mass is 10.1. The molecule has 33 heavy (non-hydrogen) atoms. The molecule has 0 aliphatic rings. The summed E-state index contributed by atoms with van der Waals surface area (Å²) in [7, 11) is 1.36. The van der Waals surface area contributed by atoms with E-state index in [-0.39, 0.29) is 17.1 Å². The number of hydrogen-bond acceptors (Lipinski definition) is 5. The molecule has 2 aromatic carbocycles. The van der Waals surface area contributed by atoms with E-state index >= 15 is 0 Å². The van der Waals surface area contributed by atoms with Crippen LogP contribution in [0, 0.1) is 5.82 Å². The number of nitrogens with zero attached hydrogens (tertiary/aromatic N) is 3. The molecule has 4 aromatic rings. The number of nitrogens with two attached hydrogens (primary N) is 1. The van der Waals surface area contributed by atoms with Crippen molar-refractivity contribution in [3.8, 4) is 5.75 Å². The average Bonchev–Trinajstić information content (AvgIpc) is 3.17. The van der Waals surface area contributed by atoms with E-state index in [4.69, 9.17) is 10.5 Å². The standard InChI is InChI=1S/C24H19FN4O4/c1-33-22-16(24(31)32)10-12-19-20(22)17(11-7-14-5-8-15(25)9-6-14)28-29(19)21(23(26)30)18-4-2-3-13-27-18/h2-13,21H,1H3,(H2,26,30)(H,31,32). The second kappa shape index (κ2) is 8.91. The highest BCUT2D eigenvalue weighted by Crippen LogP contribution is 2.35. The number of carboxylic acid groups (broad SMARTS) is 1. The van der Waals surface area contributed by atoms with E-state index < -0.39 is 17.9 Å². The number of carbonyl (C=O) groups excluding carboxylic acids is 1. The van der Waals surface area contributed by atoms with Crippen LogP contribution < -0.4 is 10.5 Å². The van der Waals surface area contributed by atoms with Gasteiger partial charge in [-0.3, -0.25) is 9.78 Å². The Morgan fingerprint density at radius 3 is 2.48 bits per heavy atom. The fourth-order valence-electron chi connectivity index (χ4n) is 3.60. The predicted octanol–water partition coefficient (Wildman–Crippen LogP) is 3.52. The first-order valence-corrected chi connectivity index (χ1v) is 9.87. The molecular weight excluding hydrogens is 427 g/mol. The topological polar surface area (TPSA) is 120 Å². The Labute approximate surface area is 187 Å². The van der Waals surface area contributed by atoms with Crippen LogP contribution in [-0.2, 0) is 4.79 Å². The lowest BCUT2D eigenvalue weighted by Gasteiger charge is -2.15. The van der Waals surface area contributed by atoms with Gasteiger partial charge in [-0.1, -0.05) is 24.3 Å². The Bertz CT molecular complexity index is 1370. The Hall–Kier alpha value is -4.53. The van der Waals surface area contributed by atoms with Crippen molar-refractivity contribution in [3.05, 3.63) is 89.1 Å². The van der Waals surface area contributed by atoms with E-state index in [1.165, 1.54) is 36.2 Å². The monoisotopic (exact) mass is 446 g/mol. The van der Waals surface area contributed by atoms with Crippen molar-refractivity contribution in [2.24, 2.45) is 5.73 Å². The molecule has 0 fully saturated rings. The molecule has 8 nitrogen and oxygen atoms in total. The summed E-state index contributed by atoms with van der Waals surface area (Å²) in [5, 5.41) is 14.6. The predicted molar refractivity (Wildman–Crippen MR) is 120 cm³/mol. The lowest BCUT2D eigenvalue weighted by molar-refractivity contribution is -0.120. The SMILES string of the molecule is COc1c(C(=O)O)ccc2c1c(C=Cc1ccc(F)cc1)nn2C(C(N)=O)c1ccccn1. The molecule has 0 spiro atoms. The van der Waals surface area contributed by atoms with Gasteiger partial charge in [0, 0.05) is 6.20 Å². The molecule has 1 atom stereocenters. The Kier molecular flexibility index (Phi) is 5.86. The van der Waals surface area contributed by atoms with Crippen molar-refractivity contribution in [2.45, 2.75) is 6.04 Å². The molecule has 4 rings (SSSR count). The molecule has 2 heterocycles. The molecule has 0 saturated heterocycles. The van der Waals surface area contributed by atoms with Crippen LogP contribution in [0.5, 0.6) is 5.75 Å². The third kappa shape index (κ3) is 4.16. The fourth-order valence-corrected chi connectivity index (χ4v) is 3.60. The number of benzene rings is 2. The number of aromatic nitrogens is 3. The zero-order chi connectivity index (χ0) is 23.5. The summed E-state index contributed by atoms with van der Waals surface area (Å²) in [5.41, 5.74) is 7.51. The number of rotatable bonds is 7. The fraction of sp³-hybridized carbons (Fsp3) is 0.0833. The summed E-state index contributed by atoms with van der Waals surface area (Å²) in [6.07, 6.45) is 4.87. The molecule has 0 radical (unpaired) electrons. The van der Waals surface area contributed by atoms with Gasteiger partial charge in [-0.05, 0) is 48.0 Å². The summed E-state index contributed by atoms with van der Waals surface area (Å²) in [4.78, 5) is 28.5. The zero-order valence-electron chi connectivity index (χ0n) is 17.5. The van der Waals surface area contributed by atoms with Crippen LogP contribution >= 0.6 is 0 Å². The van der Waals surface area contributed by atoms with Crippen molar-refractivity contribution in [3.63, 3.8) is 0 Å². The van der Waals surface area contributed by atoms with Crippen LogP contribution in [0.15, 0.2) is 60.8 Å². The van der Waals surface area contributed by atoms with Gasteiger partial charge < -0.3 is 15.6 Å². The van der Waals surface area contributed by atoms with Gasteiger partial charge in [-0.25, -0.2) is 13.9 Å². The van der Waals surface area contributed by atoms with Gasteiger partial charge in [0.15, 0.2) is 6.04 Å². The van der Waals surface area contributed by atoms with Crippen LogP contribution in [-0.4, -0.2) is 38.9 Å². The minimum atomic E-state index is -1.17. The summed E-state index contributed by atoms with van der Waals surface area (Å²) >= 11 is 0. The maximum atomic E-state index is 13.2. The van der Waals surface area contributed by atoms with Crippen LogP contribution in [0.3, 0.4) is 0 Å². The second-order valence-electron chi connectivity index (χ2n) is 7.12. The largest absolute Gasteiger partial charge is 0.495 e. The van der Waals surface area contributed by atoms with E-state index in [1.54, 1.807) is 48.6 Å². The van der Waals surface area contributed by atoms with Gasteiger partial charge in [0.05, 0.1) is 29.4 Å². The van der Waals surface area contributed by atoms with Crippen LogP contribution in [0.1, 0.15) is 33.4 Å². The Morgan fingerprint density at radius 2 is 1.88 bits per heavy atom. The first-order valence-electron chi connectivity index (χ1n) is 9.87. The van der Waals surface area contributed by atoms with E-state index in [1.807, 2.05) is 0 Å². The van der Waals surface area contributed by atoms with Gasteiger partial charge in [0.2, 0.25) is 5.91 Å². The second-order valence-corrected chi connectivity index (χ2v) is 7.12. The van der Waals surface area contributed by atoms with Gasteiger partial charge in [0.1, 0.15) is 17.1 Å². The highest BCUT2D eigenvalue weighted by Gasteiger charge is 2.28. The van der Waals surface area contributed by atoms with Gasteiger partial charge in [-0.2, -0.15) is 5.10 Å². The molecular formula is C24H19FN4O4. The highest BCUT2D eigenvalue weighted by atomic mass is 19.1. The molecule has 0 bridgehead atoms. The van der Waals surface area contributed by atoms with Crippen LogP contribution in [0.2, 0.25) is 0 Å². The number of amides is 1. The number of carboxylic acids is 1. The third-order valence-corrected chi connectivity index (χ3v) is 5.07. The Balaban J connectivity index is 1.97. The summed E-state index contributed by atoms with van der Waals surface area (Å²) in [6, 6.07) is 12.8. The Morgan fingerprint density at radius 1 is 1.12 bits per heavy atom. The van der Waals surface area contributed by atoms with Gasteiger partial charge >= 0.3 is 5.97 Å². The quantitative estimate of drug-likeness (QED) is 0.448. The van der Waals surface area contributed by atoms with Crippen molar-refractivity contribution >= 4 is 34.9 Å². The van der Waals surface area contributed by atoms with E-state index in [9.17, 15) is 19.1 Å². The maximum absolute atomic E-state index is 13.2. The minimum Gasteiger partial charge on any atom is -0.495 e. The van der Waals surface area contributed by atoms with E-state index in [0.29, 0.717) is 27.9 Å². The number of primary amides is 1. The average molecular weight is 446 g/mol. The number of aromatic carboxylic acids is 1. The summed E-state index contributed by atoms with van der Waals surface area (Å²) in [5.74, 6) is -2.14. The van der Waals surface area contributed by atoms with Crippen molar-refractivity contribution in [1.29, 1.82) is 0 Å². The highest BCUT2D eigenvalue weighted by molar-refractivity contribution is 6.03. The van der Waals surface area contributed by atoms with Gasteiger partial charge in [0.25, 0.3) is 0 Å². The minimum absolute atomic E-state index is 0.0607. The van der Waals surface area contributed by atoms with Gasteiger partial charge in [-0.15, -0.1) is 0 Å². The van der Waals surface area contributed by atoms with E-state index in [0.717, 1.165) is 0 Å². The molecule has 0 aliphatic heterocycles. The maximum Gasteiger partial charge on any atom is 0.339 e. The van der Waals surface area contributed by atoms with E-state index in [2.05, 4.69) is 10.1 Å². The molecule has 3 N–H and O–H groups in total. The lowest BCUT2D eigenvalue weighted by Crippen LogP contribution is -2.29. The molecule has 1 unspecified atom stereocenters. The molecule has 166 valence electrons. The normalized spacial score (nSPS) is 12.2. The first kappa shape index (κ1) is 21.7. The summed E-state index contributed by atoms with van der Waals surface area (Å²) in [6.45, 7) is 0.